The van der Waals surface area contributed by atoms with Crippen molar-refractivity contribution in [1.82, 2.24) is 15.0 Å². The smallest absolute Gasteiger partial charge is 0.231 e. The SMILES string of the molecule is Cc1cccc(OCCc2noc(C3CCCN(C(=O)CC(C)C)C3)n2)c1. The Labute approximate surface area is 160 Å². The van der Waals surface area contributed by atoms with Crippen LogP contribution in [0.25, 0.3) is 0 Å². The Morgan fingerprint density at radius 2 is 2.26 bits per heavy atom. The highest BCUT2D eigenvalue weighted by atomic mass is 16.5. The Morgan fingerprint density at radius 3 is 3.04 bits per heavy atom. The zero-order valence-electron chi connectivity index (χ0n) is 16.5. The predicted molar refractivity (Wildman–Crippen MR) is 103 cm³/mol. The summed E-state index contributed by atoms with van der Waals surface area (Å²) < 4.78 is 11.2. The molecule has 1 amide bonds. The van der Waals surface area contributed by atoms with Crippen molar-refractivity contribution >= 4 is 5.91 Å². The van der Waals surface area contributed by atoms with E-state index in [0.29, 0.717) is 43.6 Å². The van der Waals surface area contributed by atoms with Gasteiger partial charge in [-0.1, -0.05) is 31.1 Å². The minimum atomic E-state index is 0.133. The molecule has 146 valence electrons. The third kappa shape index (κ3) is 5.55. The number of carbonyl (C=O) groups is 1. The van der Waals surface area contributed by atoms with Crippen molar-refractivity contribution in [3.63, 3.8) is 0 Å². The predicted octanol–water partition coefficient (Wildman–Crippen LogP) is 3.75. The number of likely N-dealkylation sites (tertiary alicyclic amines) is 1. The first kappa shape index (κ1) is 19.4. The van der Waals surface area contributed by atoms with Gasteiger partial charge in [-0.25, -0.2) is 0 Å². The molecule has 1 atom stereocenters. The lowest BCUT2D eigenvalue weighted by atomic mass is 9.97. The van der Waals surface area contributed by atoms with E-state index >= 15 is 0 Å². The maximum atomic E-state index is 12.3. The van der Waals surface area contributed by atoms with Crippen LogP contribution in [0.15, 0.2) is 28.8 Å². The van der Waals surface area contributed by atoms with E-state index in [0.717, 1.165) is 25.1 Å². The second-order valence-electron chi connectivity index (χ2n) is 7.74. The van der Waals surface area contributed by atoms with Gasteiger partial charge in [-0.15, -0.1) is 0 Å². The zero-order chi connectivity index (χ0) is 19.2. The van der Waals surface area contributed by atoms with Gasteiger partial charge in [0.2, 0.25) is 11.8 Å². The maximum absolute atomic E-state index is 12.3. The van der Waals surface area contributed by atoms with Crippen molar-refractivity contribution in [2.75, 3.05) is 19.7 Å². The van der Waals surface area contributed by atoms with Gasteiger partial charge in [0.05, 0.1) is 12.5 Å². The second kappa shape index (κ2) is 9.02. The third-order valence-corrected chi connectivity index (χ3v) is 4.77. The fraction of sp³-hybridized carbons (Fsp3) is 0.571. The Bertz CT molecular complexity index is 757. The highest BCUT2D eigenvalue weighted by Gasteiger charge is 2.28. The molecule has 0 aliphatic carbocycles. The molecule has 1 aliphatic heterocycles. The average molecular weight is 371 g/mol. The fourth-order valence-corrected chi connectivity index (χ4v) is 3.38. The van der Waals surface area contributed by atoms with E-state index in [9.17, 15) is 4.79 Å². The van der Waals surface area contributed by atoms with Gasteiger partial charge in [0.25, 0.3) is 0 Å². The van der Waals surface area contributed by atoms with Crippen LogP contribution in [0.4, 0.5) is 0 Å². The summed E-state index contributed by atoms with van der Waals surface area (Å²) in [7, 11) is 0. The average Bonchev–Trinajstić information content (AvgIpc) is 3.10. The van der Waals surface area contributed by atoms with E-state index in [4.69, 9.17) is 9.26 Å². The molecule has 0 bridgehead atoms. The molecule has 2 heterocycles. The molecule has 1 unspecified atom stereocenters. The van der Waals surface area contributed by atoms with Crippen molar-refractivity contribution in [3.05, 3.63) is 41.5 Å². The molecule has 3 rings (SSSR count). The lowest BCUT2D eigenvalue weighted by Crippen LogP contribution is -2.39. The number of ether oxygens (including phenoxy) is 1. The first-order chi connectivity index (χ1) is 13.0. The highest BCUT2D eigenvalue weighted by molar-refractivity contribution is 5.76. The lowest BCUT2D eigenvalue weighted by Gasteiger charge is -2.31. The van der Waals surface area contributed by atoms with E-state index in [2.05, 4.69) is 24.0 Å². The van der Waals surface area contributed by atoms with Crippen molar-refractivity contribution in [2.24, 2.45) is 5.92 Å². The lowest BCUT2D eigenvalue weighted by molar-refractivity contribution is -0.133. The fourth-order valence-electron chi connectivity index (χ4n) is 3.38. The Kier molecular flexibility index (Phi) is 6.48. The molecule has 1 fully saturated rings. The molecule has 6 nitrogen and oxygen atoms in total. The largest absolute Gasteiger partial charge is 0.493 e. The zero-order valence-corrected chi connectivity index (χ0v) is 16.5. The van der Waals surface area contributed by atoms with Crippen LogP contribution in [-0.2, 0) is 11.2 Å². The van der Waals surface area contributed by atoms with Crippen LogP contribution in [0.1, 0.15) is 56.3 Å². The molecule has 1 aliphatic rings. The van der Waals surface area contributed by atoms with Crippen LogP contribution in [0.5, 0.6) is 5.75 Å². The number of hydrogen-bond acceptors (Lipinski definition) is 5. The van der Waals surface area contributed by atoms with Gasteiger partial charge in [-0.2, -0.15) is 4.98 Å². The number of amides is 1. The van der Waals surface area contributed by atoms with Crippen LogP contribution in [0.3, 0.4) is 0 Å². The number of aryl methyl sites for hydroxylation is 1. The molecule has 0 radical (unpaired) electrons. The molecule has 1 saturated heterocycles. The molecular formula is C21H29N3O3. The van der Waals surface area contributed by atoms with Gasteiger partial charge < -0.3 is 14.2 Å². The van der Waals surface area contributed by atoms with E-state index in [-0.39, 0.29) is 11.8 Å². The van der Waals surface area contributed by atoms with Gasteiger partial charge in [0.1, 0.15) is 5.75 Å². The Hall–Kier alpha value is -2.37. The molecule has 1 aromatic heterocycles. The van der Waals surface area contributed by atoms with Gasteiger partial charge in [-0.05, 0) is 43.4 Å². The quantitative estimate of drug-likeness (QED) is 0.741. The monoisotopic (exact) mass is 371 g/mol. The van der Waals surface area contributed by atoms with Gasteiger partial charge >= 0.3 is 0 Å². The van der Waals surface area contributed by atoms with E-state index < -0.39 is 0 Å². The van der Waals surface area contributed by atoms with E-state index in [1.165, 1.54) is 5.56 Å². The molecule has 6 heteroatoms. The summed E-state index contributed by atoms with van der Waals surface area (Å²) in [6.45, 7) is 8.19. The summed E-state index contributed by atoms with van der Waals surface area (Å²) in [4.78, 5) is 18.8. The summed E-state index contributed by atoms with van der Waals surface area (Å²) >= 11 is 0. The minimum absolute atomic E-state index is 0.133. The van der Waals surface area contributed by atoms with Crippen molar-refractivity contribution in [2.45, 2.75) is 52.4 Å². The molecule has 1 aromatic carbocycles. The standard InChI is InChI=1S/C21H29N3O3/c1-15(2)12-20(25)24-10-5-7-17(14-24)21-22-19(23-27-21)9-11-26-18-8-4-6-16(3)13-18/h4,6,8,13,15,17H,5,7,9-12,14H2,1-3H3. The molecule has 0 saturated carbocycles. The highest BCUT2D eigenvalue weighted by Crippen LogP contribution is 2.26. The Morgan fingerprint density at radius 1 is 1.41 bits per heavy atom. The van der Waals surface area contributed by atoms with Gasteiger partial charge in [0, 0.05) is 25.9 Å². The molecule has 2 aromatic rings. The van der Waals surface area contributed by atoms with Crippen molar-refractivity contribution in [3.8, 4) is 5.75 Å². The first-order valence-electron chi connectivity index (χ1n) is 9.81. The number of nitrogens with zero attached hydrogens (tertiary/aromatic N) is 3. The summed E-state index contributed by atoms with van der Waals surface area (Å²) in [6, 6.07) is 7.97. The Balaban J connectivity index is 1.51. The van der Waals surface area contributed by atoms with Gasteiger partial charge in [-0.3, -0.25) is 4.79 Å². The molecule has 0 spiro atoms. The molecule has 27 heavy (non-hydrogen) atoms. The van der Waals surface area contributed by atoms with Crippen LogP contribution in [0.2, 0.25) is 0 Å². The van der Waals surface area contributed by atoms with E-state index in [1.807, 2.05) is 36.1 Å². The number of hydrogen-bond donors (Lipinski definition) is 0. The molecular weight excluding hydrogens is 342 g/mol. The summed E-state index contributed by atoms with van der Waals surface area (Å²) in [5, 5.41) is 4.09. The number of carbonyl (C=O) groups excluding carboxylic acids is 1. The van der Waals surface area contributed by atoms with Crippen molar-refractivity contribution in [1.29, 1.82) is 0 Å². The van der Waals surface area contributed by atoms with Crippen LogP contribution >= 0.6 is 0 Å². The number of rotatable bonds is 7. The minimum Gasteiger partial charge on any atom is -0.493 e. The van der Waals surface area contributed by atoms with Crippen LogP contribution in [-0.4, -0.2) is 40.6 Å². The van der Waals surface area contributed by atoms with E-state index in [1.54, 1.807) is 0 Å². The first-order valence-corrected chi connectivity index (χ1v) is 9.81. The van der Waals surface area contributed by atoms with Crippen LogP contribution < -0.4 is 4.74 Å². The normalized spacial score (nSPS) is 17.3. The van der Waals surface area contributed by atoms with Crippen LogP contribution in [0, 0.1) is 12.8 Å². The number of aromatic nitrogens is 2. The topological polar surface area (TPSA) is 68.5 Å². The number of piperidine rings is 1. The summed E-state index contributed by atoms with van der Waals surface area (Å²) in [6.07, 6.45) is 3.15. The maximum Gasteiger partial charge on any atom is 0.231 e. The summed E-state index contributed by atoms with van der Waals surface area (Å²) in [5.74, 6) is 2.88. The summed E-state index contributed by atoms with van der Waals surface area (Å²) in [5.41, 5.74) is 1.17. The third-order valence-electron chi connectivity index (χ3n) is 4.77. The number of benzene rings is 1. The second-order valence-corrected chi connectivity index (χ2v) is 7.74. The van der Waals surface area contributed by atoms with Crippen molar-refractivity contribution < 1.29 is 14.1 Å². The molecule has 0 N–H and O–H groups in total. The van der Waals surface area contributed by atoms with Gasteiger partial charge in [0.15, 0.2) is 5.82 Å².